The lowest BCUT2D eigenvalue weighted by molar-refractivity contribution is -0.145. The summed E-state index contributed by atoms with van der Waals surface area (Å²) in [6.45, 7) is -0.182. The maximum Gasteiger partial charge on any atom is 0.246 e. The molecule has 0 bridgehead atoms. The summed E-state index contributed by atoms with van der Waals surface area (Å²) in [5.41, 5.74) is 6.79. The Morgan fingerprint density at radius 1 is 1.21 bits per heavy atom. The van der Waals surface area contributed by atoms with Gasteiger partial charge in [-0.3, -0.25) is 19.7 Å². The standard InChI is InChI=1S/C13H15N3O3/c14-10(9-4-2-1-3-5-9)6-13(19)16-7-11(17)15-12(18)8-16/h1-5,10H,6-8,14H2,(H,15,17,18). The van der Waals surface area contributed by atoms with Crippen LogP contribution in [0.2, 0.25) is 0 Å². The van der Waals surface area contributed by atoms with Gasteiger partial charge in [0.05, 0.1) is 0 Å². The van der Waals surface area contributed by atoms with E-state index in [0.717, 1.165) is 5.56 Å². The van der Waals surface area contributed by atoms with Crippen LogP contribution >= 0.6 is 0 Å². The largest absolute Gasteiger partial charge is 0.324 e. The molecule has 3 N–H and O–H groups in total. The molecule has 2 rings (SSSR count). The van der Waals surface area contributed by atoms with Crippen LogP contribution in [-0.4, -0.2) is 35.7 Å². The molecule has 3 amide bonds. The number of hydrogen-bond acceptors (Lipinski definition) is 4. The number of benzene rings is 1. The van der Waals surface area contributed by atoms with E-state index in [1.54, 1.807) is 0 Å². The van der Waals surface area contributed by atoms with E-state index >= 15 is 0 Å². The van der Waals surface area contributed by atoms with Gasteiger partial charge in [0.2, 0.25) is 17.7 Å². The van der Waals surface area contributed by atoms with Crippen LogP contribution in [0.5, 0.6) is 0 Å². The molecule has 6 heteroatoms. The molecule has 6 nitrogen and oxygen atoms in total. The molecule has 1 fully saturated rings. The summed E-state index contributed by atoms with van der Waals surface area (Å²) in [4.78, 5) is 35.6. The normalized spacial score (nSPS) is 17.0. The Kier molecular flexibility index (Phi) is 3.91. The molecule has 0 aliphatic carbocycles. The second kappa shape index (κ2) is 5.62. The molecule has 19 heavy (non-hydrogen) atoms. The average molecular weight is 261 g/mol. The fourth-order valence-corrected chi connectivity index (χ4v) is 1.95. The van der Waals surface area contributed by atoms with Gasteiger partial charge in [-0.2, -0.15) is 0 Å². The molecule has 1 aromatic rings. The molecule has 1 aliphatic rings. The van der Waals surface area contributed by atoms with E-state index < -0.39 is 17.9 Å². The quantitative estimate of drug-likeness (QED) is 0.721. The highest BCUT2D eigenvalue weighted by Crippen LogP contribution is 2.15. The third kappa shape index (κ3) is 3.38. The highest BCUT2D eigenvalue weighted by atomic mass is 16.2. The Balaban J connectivity index is 1.97. The number of piperazine rings is 1. The van der Waals surface area contributed by atoms with Gasteiger partial charge < -0.3 is 10.6 Å². The summed E-state index contributed by atoms with van der Waals surface area (Å²) >= 11 is 0. The average Bonchev–Trinajstić information content (AvgIpc) is 2.38. The number of nitrogens with one attached hydrogen (secondary N) is 1. The van der Waals surface area contributed by atoms with Crippen molar-refractivity contribution in [3.8, 4) is 0 Å². The van der Waals surface area contributed by atoms with E-state index in [4.69, 9.17) is 5.73 Å². The highest BCUT2D eigenvalue weighted by molar-refractivity contribution is 6.02. The molecule has 1 saturated heterocycles. The van der Waals surface area contributed by atoms with Gasteiger partial charge in [0.15, 0.2) is 0 Å². The Morgan fingerprint density at radius 3 is 2.37 bits per heavy atom. The predicted octanol–water partition coefficient (Wildman–Crippen LogP) is -0.439. The van der Waals surface area contributed by atoms with Crippen LogP contribution in [0.15, 0.2) is 30.3 Å². The highest BCUT2D eigenvalue weighted by Gasteiger charge is 2.27. The van der Waals surface area contributed by atoms with Crippen LogP contribution in [0.4, 0.5) is 0 Å². The van der Waals surface area contributed by atoms with Crippen LogP contribution in [0, 0.1) is 0 Å². The van der Waals surface area contributed by atoms with Gasteiger partial charge in [0, 0.05) is 12.5 Å². The molecule has 1 atom stereocenters. The van der Waals surface area contributed by atoms with Crippen molar-refractivity contribution in [2.45, 2.75) is 12.5 Å². The van der Waals surface area contributed by atoms with E-state index in [1.807, 2.05) is 30.3 Å². The van der Waals surface area contributed by atoms with Crippen LogP contribution in [-0.2, 0) is 14.4 Å². The van der Waals surface area contributed by atoms with Crippen LogP contribution in [0.3, 0.4) is 0 Å². The zero-order chi connectivity index (χ0) is 13.8. The van der Waals surface area contributed by atoms with E-state index in [1.165, 1.54) is 4.90 Å². The van der Waals surface area contributed by atoms with Crippen molar-refractivity contribution in [1.82, 2.24) is 10.2 Å². The molecule has 1 aromatic carbocycles. The molecular formula is C13H15N3O3. The third-order valence-corrected chi connectivity index (χ3v) is 2.92. The zero-order valence-corrected chi connectivity index (χ0v) is 10.3. The van der Waals surface area contributed by atoms with Gasteiger partial charge in [0.1, 0.15) is 13.1 Å². The van der Waals surface area contributed by atoms with Gasteiger partial charge in [-0.15, -0.1) is 0 Å². The molecule has 1 heterocycles. The molecular weight excluding hydrogens is 246 g/mol. The van der Waals surface area contributed by atoms with Crippen molar-refractivity contribution in [2.24, 2.45) is 5.73 Å². The minimum atomic E-state index is -0.460. The van der Waals surface area contributed by atoms with E-state index in [-0.39, 0.29) is 25.4 Å². The second-order valence-electron chi connectivity index (χ2n) is 4.44. The summed E-state index contributed by atoms with van der Waals surface area (Å²) in [6, 6.07) is 8.80. The number of amides is 3. The van der Waals surface area contributed by atoms with Gasteiger partial charge in [-0.25, -0.2) is 0 Å². The number of carbonyl (C=O) groups is 3. The predicted molar refractivity (Wildman–Crippen MR) is 67.7 cm³/mol. The Labute approximate surface area is 110 Å². The van der Waals surface area contributed by atoms with Gasteiger partial charge in [-0.05, 0) is 5.56 Å². The first-order valence-corrected chi connectivity index (χ1v) is 5.97. The number of rotatable bonds is 3. The van der Waals surface area contributed by atoms with E-state index in [2.05, 4.69) is 5.32 Å². The topological polar surface area (TPSA) is 92.5 Å². The first-order chi connectivity index (χ1) is 9.06. The maximum absolute atomic E-state index is 12.0. The molecule has 1 unspecified atom stereocenters. The summed E-state index contributed by atoms with van der Waals surface area (Å²) in [5, 5.41) is 2.15. The lowest BCUT2D eigenvalue weighted by atomic mass is 10.0. The monoisotopic (exact) mass is 261 g/mol. The van der Waals surface area contributed by atoms with Crippen molar-refractivity contribution >= 4 is 17.7 Å². The van der Waals surface area contributed by atoms with Crippen LogP contribution in [0.1, 0.15) is 18.0 Å². The summed E-state index contributed by atoms with van der Waals surface area (Å²) in [5.74, 6) is -1.21. The van der Waals surface area contributed by atoms with Crippen molar-refractivity contribution in [2.75, 3.05) is 13.1 Å². The number of hydrogen-bond donors (Lipinski definition) is 2. The third-order valence-electron chi connectivity index (χ3n) is 2.92. The lowest BCUT2D eigenvalue weighted by Gasteiger charge is -2.26. The molecule has 0 aromatic heterocycles. The van der Waals surface area contributed by atoms with Crippen LogP contribution in [0.25, 0.3) is 0 Å². The number of carbonyl (C=O) groups excluding carboxylic acids is 3. The van der Waals surface area contributed by atoms with Crippen molar-refractivity contribution < 1.29 is 14.4 Å². The van der Waals surface area contributed by atoms with Crippen molar-refractivity contribution in [1.29, 1.82) is 0 Å². The van der Waals surface area contributed by atoms with Crippen molar-refractivity contribution in [3.63, 3.8) is 0 Å². The smallest absolute Gasteiger partial charge is 0.246 e. The van der Waals surface area contributed by atoms with E-state index in [9.17, 15) is 14.4 Å². The van der Waals surface area contributed by atoms with Gasteiger partial charge in [0.25, 0.3) is 0 Å². The van der Waals surface area contributed by atoms with Gasteiger partial charge in [-0.1, -0.05) is 30.3 Å². The molecule has 100 valence electrons. The summed E-state index contributed by atoms with van der Waals surface area (Å²) in [6.07, 6.45) is 0.0740. The Morgan fingerprint density at radius 2 is 1.79 bits per heavy atom. The van der Waals surface area contributed by atoms with E-state index in [0.29, 0.717) is 0 Å². The zero-order valence-electron chi connectivity index (χ0n) is 10.3. The summed E-state index contributed by atoms with van der Waals surface area (Å²) in [7, 11) is 0. The minimum Gasteiger partial charge on any atom is -0.324 e. The fraction of sp³-hybridized carbons (Fsp3) is 0.308. The molecule has 0 spiro atoms. The first-order valence-electron chi connectivity index (χ1n) is 5.97. The van der Waals surface area contributed by atoms with Gasteiger partial charge >= 0.3 is 0 Å². The summed E-state index contributed by atoms with van der Waals surface area (Å²) < 4.78 is 0. The number of nitrogens with two attached hydrogens (primary N) is 1. The molecule has 0 radical (unpaired) electrons. The maximum atomic E-state index is 12.0. The number of nitrogens with zero attached hydrogens (tertiary/aromatic N) is 1. The number of imide groups is 1. The SMILES string of the molecule is NC(CC(=O)N1CC(=O)NC(=O)C1)c1ccccc1. The Hall–Kier alpha value is -2.21. The first kappa shape index (κ1) is 13.2. The molecule has 0 saturated carbocycles. The minimum absolute atomic E-state index is 0.0740. The molecule has 1 aliphatic heterocycles. The second-order valence-corrected chi connectivity index (χ2v) is 4.44. The lowest BCUT2D eigenvalue weighted by Crippen LogP contribution is -2.53. The Bertz CT molecular complexity index is 485. The van der Waals surface area contributed by atoms with Crippen LogP contribution < -0.4 is 11.1 Å². The van der Waals surface area contributed by atoms with Crippen molar-refractivity contribution in [3.05, 3.63) is 35.9 Å². The fourth-order valence-electron chi connectivity index (χ4n) is 1.95.